The predicted molar refractivity (Wildman–Crippen MR) is 65.0 cm³/mol. The number of halogens is 4. The number of hydrogen-bond donors (Lipinski definition) is 1. The van der Waals surface area contributed by atoms with Gasteiger partial charge in [0.25, 0.3) is 0 Å². The first-order valence-electron chi connectivity index (χ1n) is 5.57. The standard InChI is InChI=1S/C12H13BrF3NO/c13-10-4-2-1-3-9(10)7-17-6-5-11(18,8-17)12(14,15)16/h1-4,18H,5-8H2. The zero-order valence-electron chi connectivity index (χ0n) is 9.54. The highest BCUT2D eigenvalue weighted by molar-refractivity contribution is 9.10. The van der Waals surface area contributed by atoms with Crippen LogP contribution >= 0.6 is 15.9 Å². The van der Waals surface area contributed by atoms with E-state index in [9.17, 15) is 18.3 Å². The number of benzene rings is 1. The second-order valence-electron chi connectivity index (χ2n) is 4.58. The maximum Gasteiger partial charge on any atom is 0.418 e. The fourth-order valence-electron chi connectivity index (χ4n) is 2.10. The average molecular weight is 324 g/mol. The van der Waals surface area contributed by atoms with Crippen LogP contribution in [0.5, 0.6) is 0 Å². The molecule has 100 valence electrons. The van der Waals surface area contributed by atoms with Gasteiger partial charge in [-0.1, -0.05) is 34.1 Å². The van der Waals surface area contributed by atoms with Crippen molar-refractivity contribution < 1.29 is 18.3 Å². The molecule has 1 saturated heterocycles. The molecule has 1 heterocycles. The highest BCUT2D eigenvalue weighted by Gasteiger charge is 2.56. The summed E-state index contributed by atoms with van der Waals surface area (Å²) < 4.78 is 38.8. The van der Waals surface area contributed by atoms with Crippen LogP contribution in [0.15, 0.2) is 28.7 Å². The van der Waals surface area contributed by atoms with Crippen molar-refractivity contribution in [3.05, 3.63) is 34.3 Å². The topological polar surface area (TPSA) is 23.5 Å². The number of aliphatic hydroxyl groups is 1. The van der Waals surface area contributed by atoms with Crippen molar-refractivity contribution in [2.45, 2.75) is 24.7 Å². The minimum Gasteiger partial charge on any atom is -0.379 e. The van der Waals surface area contributed by atoms with Gasteiger partial charge in [0.1, 0.15) is 0 Å². The van der Waals surface area contributed by atoms with Crippen LogP contribution in [0.4, 0.5) is 13.2 Å². The van der Waals surface area contributed by atoms with Gasteiger partial charge in [0.05, 0.1) is 0 Å². The minimum absolute atomic E-state index is 0.247. The fraction of sp³-hybridized carbons (Fsp3) is 0.500. The average Bonchev–Trinajstić information content (AvgIpc) is 2.64. The van der Waals surface area contributed by atoms with E-state index in [0.717, 1.165) is 10.0 Å². The SMILES string of the molecule is OC1(C(F)(F)F)CCN(Cc2ccccc2Br)C1. The lowest BCUT2D eigenvalue weighted by molar-refractivity contribution is -0.254. The van der Waals surface area contributed by atoms with E-state index in [1.165, 1.54) is 0 Å². The van der Waals surface area contributed by atoms with Gasteiger partial charge in [-0.25, -0.2) is 0 Å². The molecular formula is C12H13BrF3NO. The summed E-state index contributed by atoms with van der Waals surface area (Å²) in [6, 6.07) is 7.39. The summed E-state index contributed by atoms with van der Waals surface area (Å²) in [6.07, 6.45) is -4.82. The molecule has 1 aromatic rings. The second-order valence-corrected chi connectivity index (χ2v) is 5.44. The molecule has 0 aliphatic carbocycles. The van der Waals surface area contributed by atoms with Crippen LogP contribution in [-0.4, -0.2) is 34.9 Å². The molecule has 1 aliphatic rings. The third kappa shape index (κ3) is 2.70. The molecule has 0 spiro atoms. The summed E-state index contributed by atoms with van der Waals surface area (Å²) in [4.78, 5) is 1.62. The molecule has 6 heteroatoms. The number of hydrogen-bond acceptors (Lipinski definition) is 2. The van der Waals surface area contributed by atoms with E-state index in [2.05, 4.69) is 15.9 Å². The monoisotopic (exact) mass is 323 g/mol. The molecule has 0 saturated carbocycles. The molecule has 2 rings (SSSR count). The van der Waals surface area contributed by atoms with E-state index in [0.29, 0.717) is 6.54 Å². The molecule has 0 amide bonds. The summed E-state index contributed by atoms with van der Waals surface area (Å²) in [5.41, 5.74) is -1.64. The maximum absolute atomic E-state index is 12.7. The lowest BCUT2D eigenvalue weighted by Gasteiger charge is -2.26. The zero-order valence-corrected chi connectivity index (χ0v) is 11.1. The van der Waals surface area contributed by atoms with Crippen LogP contribution in [0.3, 0.4) is 0 Å². The van der Waals surface area contributed by atoms with E-state index >= 15 is 0 Å². The molecular weight excluding hydrogens is 311 g/mol. The van der Waals surface area contributed by atoms with Crippen molar-refractivity contribution in [1.29, 1.82) is 0 Å². The number of alkyl halides is 3. The third-order valence-corrected chi connectivity index (χ3v) is 3.98. The van der Waals surface area contributed by atoms with Crippen LogP contribution in [-0.2, 0) is 6.54 Å². The Morgan fingerprint density at radius 3 is 2.56 bits per heavy atom. The van der Waals surface area contributed by atoms with Crippen molar-refractivity contribution in [3.63, 3.8) is 0 Å². The van der Waals surface area contributed by atoms with Crippen LogP contribution in [0.25, 0.3) is 0 Å². The van der Waals surface area contributed by atoms with Gasteiger partial charge < -0.3 is 5.11 Å². The van der Waals surface area contributed by atoms with E-state index < -0.39 is 11.8 Å². The Morgan fingerprint density at radius 1 is 1.33 bits per heavy atom. The molecule has 18 heavy (non-hydrogen) atoms. The Morgan fingerprint density at radius 2 is 2.00 bits per heavy atom. The van der Waals surface area contributed by atoms with Gasteiger partial charge >= 0.3 is 6.18 Å². The van der Waals surface area contributed by atoms with Crippen molar-refractivity contribution in [3.8, 4) is 0 Å². The molecule has 1 atom stereocenters. The molecule has 2 nitrogen and oxygen atoms in total. The Hall–Kier alpha value is -0.590. The van der Waals surface area contributed by atoms with Crippen molar-refractivity contribution in [2.75, 3.05) is 13.1 Å². The van der Waals surface area contributed by atoms with Crippen LogP contribution in [0.2, 0.25) is 0 Å². The lowest BCUT2D eigenvalue weighted by Crippen LogP contribution is -2.47. The smallest absolute Gasteiger partial charge is 0.379 e. The molecule has 1 aromatic carbocycles. The van der Waals surface area contributed by atoms with Gasteiger partial charge in [-0.2, -0.15) is 13.2 Å². The Balaban J connectivity index is 2.05. The summed E-state index contributed by atoms with van der Waals surface area (Å²) in [6.45, 7) is 0.287. The van der Waals surface area contributed by atoms with Crippen molar-refractivity contribution in [1.82, 2.24) is 4.90 Å². The molecule has 0 aromatic heterocycles. The van der Waals surface area contributed by atoms with E-state index in [1.54, 1.807) is 4.90 Å². The van der Waals surface area contributed by atoms with Gasteiger partial charge in [-0.15, -0.1) is 0 Å². The lowest BCUT2D eigenvalue weighted by atomic mass is 10.0. The summed E-state index contributed by atoms with van der Waals surface area (Å²) >= 11 is 3.36. The predicted octanol–water partition coefficient (Wildman–Crippen LogP) is 2.95. The van der Waals surface area contributed by atoms with Gasteiger partial charge in [0.2, 0.25) is 0 Å². The zero-order chi connectivity index (χ0) is 13.4. The van der Waals surface area contributed by atoms with Crippen LogP contribution < -0.4 is 0 Å². The minimum atomic E-state index is -4.56. The highest BCUT2D eigenvalue weighted by atomic mass is 79.9. The second kappa shape index (κ2) is 4.83. The van der Waals surface area contributed by atoms with E-state index in [4.69, 9.17) is 0 Å². The van der Waals surface area contributed by atoms with Crippen molar-refractivity contribution in [2.24, 2.45) is 0 Å². The fourth-order valence-corrected chi connectivity index (χ4v) is 2.52. The highest BCUT2D eigenvalue weighted by Crippen LogP contribution is 2.38. The van der Waals surface area contributed by atoms with Crippen LogP contribution in [0.1, 0.15) is 12.0 Å². The number of rotatable bonds is 2. The van der Waals surface area contributed by atoms with Gasteiger partial charge in [-0.05, 0) is 18.1 Å². The normalized spacial score (nSPS) is 25.6. The Labute approximate surface area is 112 Å². The van der Waals surface area contributed by atoms with Gasteiger partial charge in [-0.3, -0.25) is 4.90 Å². The summed E-state index contributed by atoms with van der Waals surface area (Å²) in [7, 11) is 0. The van der Waals surface area contributed by atoms with Gasteiger partial charge in [0.15, 0.2) is 5.60 Å². The molecule has 0 bridgehead atoms. The first-order chi connectivity index (χ1) is 8.32. The van der Waals surface area contributed by atoms with E-state index in [-0.39, 0.29) is 19.5 Å². The number of likely N-dealkylation sites (tertiary alicyclic amines) is 1. The summed E-state index contributed by atoms with van der Waals surface area (Å²) in [5, 5.41) is 9.57. The number of β-amino-alcohol motifs (C(OH)–C–C–N with tert-alkyl or cyclic N) is 1. The third-order valence-electron chi connectivity index (χ3n) is 3.21. The first-order valence-corrected chi connectivity index (χ1v) is 6.36. The largest absolute Gasteiger partial charge is 0.418 e. The maximum atomic E-state index is 12.7. The molecule has 1 aliphatic heterocycles. The van der Waals surface area contributed by atoms with Crippen molar-refractivity contribution >= 4 is 15.9 Å². The quantitative estimate of drug-likeness (QED) is 0.904. The molecule has 0 radical (unpaired) electrons. The summed E-state index contributed by atoms with van der Waals surface area (Å²) in [5.74, 6) is 0. The van der Waals surface area contributed by atoms with Crippen LogP contribution in [0, 0.1) is 0 Å². The molecule has 1 unspecified atom stereocenters. The Bertz CT molecular complexity index is 438. The molecule has 1 fully saturated rings. The Kier molecular flexibility index (Phi) is 3.71. The molecule has 1 N–H and O–H groups in total. The number of nitrogens with zero attached hydrogens (tertiary/aromatic N) is 1. The first kappa shape index (κ1) is 13.8. The van der Waals surface area contributed by atoms with E-state index in [1.807, 2.05) is 24.3 Å². The van der Waals surface area contributed by atoms with Gasteiger partial charge in [0, 0.05) is 24.1 Å².